The van der Waals surface area contributed by atoms with Crippen molar-refractivity contribution in [1.82, 2.24) is 15.5 Å². The molecule has 0 aliphatic carbocycles. The summed E-state index contributed by atoms with van der Waals surface area (Å²) in [7, 11) is 0. The number of imide groups is 1. The van der Waals surface area contributed by atoms with E-state index in [1.54, 1.807) is 36.4 Å². The monoisotopic (exact) mass is 515 g/mol. The van der Waals surface area contributed by atoms with Crippen molar-refractivity contribution in [2.24, 2.45) is 0 Å². The molecule has 3 rings (SSSR count). The normalized spacial score (nSPS) is 12.4. The van der Waals surface area contributed by atoms with Crippen LogP contribution in [0.4, 0.5) is 0 Å². The minimum Gasteiger partial charge on any atom is -0.427 e. The van der Waals surface area contributed by atoms with Crippen LogP contribution < -0.4 is 15.4 Å². The van der Waals surface area contributed by atoms with Crippen LogP contribution in [0.2, 0.25) is 0 Å². The van der Waals surface area contributed by atoms with Crippen LogP contribution in [-0.4, -0.2) is 54.1 Å². The van der Waals surface area contributed by atoms with Crippen LogP contribution in [0.5, 0.6) is 5.75 Å². The fraction of sp³-hybridized carbons (Fsp3) is 0.261. The third-order valence-electron chi connectivity index (χ3n) is 4.81. The van der Waals surface area contributed by atoms with Crippen LogP contribution in [0.3, 0.4) is 0 Å². The van der Waals surface area contributed by atoms with Crippen molar-refractivity contribution in [3.05, 3.63) is 63.6 Å². The van der Waals surface area contributed by atoms with Gasteiger partial charge in [0.15, 0.2) is 0 Å². The van der Waals surface area contributed by atoms with Gasteiger partial charge in [-0.3, -0.25) is 28.9 Å². The van der Waals surface area contributed by atoms with E-state index in [1.807, 2.05) is 0 Å². The van der Waals surface area contributed by atoms with E-state index in [0.29, 0.717) is 27.6 Å². The minimum atomic E-state index is -0.480. The number of hydrogen-bond acceptors (Lipinski definition) is 6. The largest absolute Gasteiger partial charge is 0.427 e. The zero-order valence-corrected chi connectivity index (χ0v) is 19.4. The Morgan fingerprint density at radius 1 is 0.970 bits per heavy atom. The number of carbonyl (C=O) groups excluding carboxylic acids is 5. The van der Waals surface area contributed by atoms with E-state index < -0.39 is 5.97 Å². The number of nitrogens with one attached hydrogen (secondary N) is 2. The SMILES string of the molecule is CC(=O)Oc1cccc(C(=O)NCCNC(=O)CCCN2C(=O)c3ccc(Br)cc3C2=O)c1. The van der Waals surface area contributed by atoms with Gasteiger partial charge in [-0.15, -0.1) is 0 Å². The van der Waals surface area contributed by atoms with Crippen LogP contribution in [0.15, 0.2) is 46.9 Å². The third kappa shape index (κ3) is 6.26. The predicted molar refractivity (Wildman–Crippen MR) is 122 cm³/mol. The van der Waals surface area contributed by atoms with E-state index >= 15 is 0 Å². The summed E-state index contributed by atoms with van der Waals surface area (Å²) in [5.41, 5.74) is 1.04. The Morgan fingerprint density at radius 3 is 2.45 bits per heavy atom. The van der Waals surface area contributed by atoms with Gasteiger partial charge >= 0.3 is 5.97 Å². The highest BCUT2D eigenvalue weighted by Gasteiger charge is 2.35. The van der Waals surface area contributed by atoms with E-state index in [9.17, 15) is 24.0 Å². The topological polar surface area (TPSA) is 122 Å². The van der Waals surface area contributed by atoms with Crippen molar-refractivity contribution in [2.75, 3.05) is 19.6 Å². The van der Waals surface area contributed by atoms with Crippen molar-refractivity contribution in [3.63, 3.8) is 0 Å². The van der Waals surface area contributed by atoms with Crippen LogP contribution in [0, 0.1) is 0 Å². The molecule has 0 spiro atoms. The molecule has 2 aromatic carbocycles. The van der Waals surface area contributed by atoms with Crippen LogP contribution in [0.1, 0.15) is 50.8 Å². The van der Waals surface area contributed by atoms with Gasteiger partial charge < -0.3 is 15.4 Å². The fourth-order valence-corrected chi connectivity index (χ4v) is 3.66. The van der Waals surface area contributed by atoms with E-state index in [2.05, 4.69) is 26.6 Å². The number of esters is 1. The first kappa shape index (κ1) is 24.1. The lowest BCUT2D eigenvalue weighted by Gasteiger charge is -2.13. The van der Waals surface area contributed by atoms with Gasteiger partial charge in [0.2, 0.25) is 5.91 Å². The molecule has 0 atom stereocenters. The lowest BCUT2D eigenvalue weighted by atomic mass is 10.1. The average Bonchev–Trinajstić information content (AvgIpc) is 3.00. The number of hydrogen-bond donors (Lipinski definition) is 2. The van der Waals surface area contributed by atoms with E-state index in [1.165, 1.54) is 13.0 Å². The average molecular weight is 516 g/mol. The van der Waals surface area contributed by atoms with Gasteiger partial charge in [0, 0.05) is 43.0 Å². The van der Waals surface area contributed by atoms with Gasteiger partial charge in [-0.05, 0) is 42.8 Å². The van der Waals surface area contributed by atoms with Crippen molar-refractivity contribution >= 4 is 45.5 Å². The third-order valence-corrected chi connectivity index (χ3v) is 5.30. The van der Waals surface area contributed by atoms with Gasteiger partial charge in [-0.1, -0.05) is 22.0 Å². The summed E-state index contributed by atoms with van der Waals surface area (Å²) in [6, 6.07) is 11.1. The standard InChI is InChI=1S/C23H22BrN3O6/c1-14(28)33-17-5-2-4-15(12-17)21(30)26-10-9-25-20(29)6-3-11-27-22(31)18-8-7-16(24)13-19(18)23(27)32/h2,4-5,7-8,12-13H,3,6,9-11H2,1H3,(H,25,29)(H,26,30). The molecular formula is C23H22BrN3O6. The molecular weight excluding hydrogens is 494 g/mol. The molecule has 10 heteroatoms. The zero-order chi connectivity index (χ0) is 24.0. The Balaban J connectivity index is 1.36. The number of fused-ring (bicyclic) bond motifs is 1. The minimum absolute atomic E-state index is 0.134. The molecule has 0 unspecified atom stereocenters. The van der Waals surface area contributed by atoms with Gasteiger partial charge in [0.1, 0.15) is 5.75 Å². The van der Waals surface area contributed by atoms with Crippen molar-refractivity contribution in [1.29, 1.82) is 0 Å². The lowest BCUT2D eigenvalue weighted by molar-refractivity contribution is -0.131. The molecule has 0 saturated heterocycles. The van der Waals surface area contributed by atoms with E-state index in [4.69, 9.17) is 4.74 Å². The highest BCUT2D eigenvalue weighted by molar-refractivity contribution is 9.10. The first-order chi connectivity index (χ1) is 15.8. The second-order valence-corrected chi connectivity index (χ2v) is 8.20. The molecule has 1 heterocycles. The molecule has 1 aliphatic rings. The quantitative estimate of drug-likeness (QED) is 0.228. The van der Waals surface area contributed by atoms with Crippen LogP contribution in [-0.2, 0) is 9.59 Å². The molecule has 2 N–H and O–H groups in total. The maximum atomic E-state index is 12.4. The summed E-state index contributed by atoms with van der Waals surface area (Å²) in [6.07, 6.45) is 0.462. The fourth-order valence-electron chi connectivity index (χ4n) is 3.30. The van der Waals surface area contributed by atoms with Crippen molar-refractivity contribution < 1.29 is 28.7 Å². The molecule has 4 amide bonds. The van der Waals surface area contributed by atoms with Gasteiger partial charge in [-0.2, -0.15) is 0 Å². The maximum Gasteiger partial charge on any atom is 0.308 e. The predicted octanol–water partition coefficient (Wildman–Crippen LogP) is 2.30. The summed E-state index contributed by atoms with van der Waals surface area (Å²) < 4.78 is 5.67. The Hall–Kier alpha value is -3.53. The van der Waals surface area contributed by atoms with Gasteiger partial charge in [-0.25, -0.2) is 0 Å². The molecule has 1 aliphatic heterocycles. The summed E-state index contributed by atoms with van der Waals surface area (Å²) in [6.45, 7) is 1.84. The van der Waals surface area contributed by atoms with Gasteiger partial charge in [0.05, 0.1) is 11.1 Å². The van der Waals surface area contributed by atoms with Crippen molar-refractivity contribution in [3.8, 4) is 5.75 Å². The Morgan fingerprint density at radius 2 is 1.70 bits per heavy atom. The molecule has 2 aromatic rings. The first-order valence-corrected chi connectivity index (χ1v) is 11.0. The maximum absolute atomic E-state index is 12.4. The molecule has 9 nitrogen and oxygen atoms in total. The number of halogens is 1. The number of nitrogens with zero attached hydrogens (tertiary/aromatic N) is 1. The molecule has 0 bridgehead atoms. The van der Waals surface area contributed by atoms with E-state index in [0.717, 1.165) is 4.90 Å². The Labute approximate surface area is 198 Å². The number of rotatable bonds is 9. The molecule has 0 radical (unpaired) electrons. The zero-order valence-electron chi connectivity index (χ0n) is 17.9. The lowest BCUT2D eigenvalue weighted by Crippen LogP contribution is -2.35. The Kier molecular flexibility index (Phi) is 7.94. The van der Waals surface area contributed by atoms with Crippen LogP contribution in [0.25, 0.3) is 0 Å². The Bertz CT molecular complexity index is 1120. The highest BCUT2D eigenvalue weighted by atomic mass is 79.9. The first-order valence-electron chi connectivity index (χ1n) is 10.3. The molecule has 172 valence electrons. The second-order valence-electron chi connectivity index (χ2n) is 7.28. The number of ether oxygens (including phenoxy) is 1. The summed E-state index contributed by atoms with van der Waals surface area (Å²) in [5, 5.41) is 5.35. The van der Waals surface area contributed by atoms with Crippen molar-refractivity contribution in [2.45, 2.75) is 19.8 Å². The summed E-state index contributed by atoms with van der Waals surface area (Å²) in [5.74, 6) is -1.54. The van der Waals surface area contributed by atoms with Gasteiger partial charge in [0.25, 0.3) is 17.7 Å². The second kappa shape index (κ2) is 10.9. The highest BCUT2D eigenvalue weighted by Crippen LogP contribution is 2.26. The summed E-state index contributed by atoms with van der Waals surface area (Å²) in [4.78, 5) is 61.2. The summed E-state index contributed by atoms with van der Waals surface area (Å²) >= 11 is 3.29. The van der Waals surface area contributed by atoms with Crippen LogP contribution >= 0.6 is 15.9 Å². The molecule has 0 saturated carbocycles. The molecule has 0 fully saturated rings. The number of amides is 4. The molecule has 0 aromatic heterocycles. The number of carbonyl (C=O) groups is 5. The molecule has 33 heavy (non-hydrogen) atoms. The van der Waals surface area contributed by atoms with E-state index in [-0.39, 0.29) is 55.4 Å². The smallest absolute Gasteiger partial charge is 0.308 e. The number of benzene rings is 2.